The predicted octanol–water partition coefficient (Wildman–Crippen LogP) is 7.85. The zero-order chi connectivity index (χ0) is 19.8. The van der Waals surface area contributed by atoms with E-state index in [0.717, 1.165) is 5.75 Å². The second-order valence-corrected chi connectivity index (χ2v) is 9.52. The van der Waals surface area contributed by atoms with E-state index < -0.39 is 0 Å². The first kappa shape index (κ1) is 20.0. The zero-order valence-corrected chi connectivity index (χ0v) is 18.3. The van der Waals surface area contributed by atoms with Crippen molar-refractivity contribution < 1.29 is 4.74 Å². The van der Waals surface area contributed by atoms with Gasteiger partial charge in [0.25, 0.3) is 0 Å². The van der Waals surface area contributed by atoms with Crippen LogP contribution in [0.3, 0.4) is 0 Å². The van der Waals surface area contributed by atoms with E-state index in [1.54, 1.807) is 0 Å². The molecule has 0 aromatic heterocycles. The second-order valence-electron chi connectivity index (χ2n) is 9.52. The summed E-state index contributed by atoms with van der Waals surface area (Å²) in [5.74, 6) is 1.05. The minimum atomic E-state index is -0.299. The van der Waals surface area contributed by atoms with E-state index in [0.29, 0.717) is 0 Å². The van der Waals surface area contributed by atoms with Crippen molar-refractivity contribution >= 4 is 0 Å². The largest absolute Gasteiger partial charge is 0.482 e. The van der Waals surface area contributed by atoms with Crippen molar-refractivity contribution in [3.05, 3.63) is 52.6 Å². The highest BCUT2D eigenvalue weighted by molar-refractivity contribution is 5.80. The van der Waals surface area contributed by atoms with Gasteiger partial charge in [0, 0.05) is 11.1 Å². The van der Waals surface area contributed by atoms with E-state index in [9.17, 15) is 0 Å². The van der Waals surface area contributed by atoms with Crippen LogP contribution in [0.1, 0.15) is 89.0 Å². The van der Waals surface area contributed by atoms with Crippen molar-refractivity contribution in [1.29, 1.82) is 0 Å². The fourth-order valence-electron chi connectivity index (χ4n) is 4.43. The average molecular weight is 365 g/mol. The Bertz CT molecular complexity index is 826. The summed E-state index contributed by atoms with van der Waals surface area (Å²) in [5, 5.41) is 0. The molecule has 1 heteroatoms. The van der Waals surface area contributed by atoms with Crippen molar-refractivity contribution in [2.24, 2.45) is 0 Å². The van der Waals surface area contributed by atoms with Gasteiger partial charge in [0.05, 0.1) is 0 Å². The molecule has 0 N–H and O–H groups in total. The predicted molar refractivity (Wildman–Crippen MR) is 117 cm³/mol. The van der Waals surface area contributed by atoms with Crippen LogP contribution in [0.5, 0.6) is 5.75 Å². The average Bonchev–Trinajstić information content (AvgIpc) is 2.57. The zero-order valence-electron chi connectivity index (χ0n) is 18.3. The molecule has 0 radical (unpaired) electrons. The number of benzene rings is 2. The molecular formula is C26H36O. The van der Waals surface area contributed by atoms with Gasteiger partial charge in [0.1, 0.15) is 11.4 Å². The first-order valence-electron chi connectivity index (χ1n) is 10.6. The highest BCUT2D eigenvalue weighted by atomic mass is 16.5. The van der Waals surface area contributed by atoms with E-state index in [1.807, 2.05) is 0 Å². The maximum absolute atomic E-state index is 6.55. The van der Waals surface area contributed by atoms with Crippen LogP contribution in [-0.4, -0.2) is 0 Å². The monoisotopic (exact) mass is 364 g/mol. The normalized spacial score (nSPS) is 15.1. The summed E-state index contributed by atoms with van der Waals surface area (Å²) in [6, 6.07) is 11.5. The summed E-state index contributed by atoms with van der Waals surface area (Å²) in [7, 11) is 0. The molecule has 1 heterocycles. The third-order valence-electron chi connectivity index (χ3n) is 6.19. The van der Waals surface area contributed by atoms with Gasteiger partial charge >= 0.3 is 0 Å². The molecule has 1 aliphatic rings. The maximum atomic E-state index is 6.55. The van der Waals surface area contributed by atoms with Crippen molar-refractivity contribution in [3.63, 3.8) is 0 Å². The number of aryl methyl sites for hydroxylation is 2. The second kappa shape index (κ2) is 7.34. The van der Waals surface area contributed by atoms with Crippen LogP contribution in [-0.2, 0) is 11.0 Å². The number of hydrogen-bond acceptors (Lipinski definition) is 1. The number of ether oxygens (including phenoxy) is 1. The molecule has 2 aromatic rings. The molecule has 0 atom stereocenters. The van der Waals surface area contributed by atoms with E-state index in [2.05, 4.69) is 78.8 Å². The molecule has 2 aromatic carbocycles. The lowest BCUT2D eigenvalue weighted by atomic mass is 9.77. The Labute approximate surface area is 166 Å². The molecule has 0 saturated carbocycles. The minimum Gasteiger partial charge on any atom is -0.482 e. The summed E-state index contributed by atoms with van der Waals surface area (Å²) >= 11 is 0. The molecular weight excluding hydrogens is 328 g/mol. The molecule has 0 bridgehead atoms. The van der Waals surface area contributed by atoms with Gasteiger partial charge < -0.3 is 4.74 Å². The number of unbranched alkanes of at least 4 members (excludes halogenated alkanes) is 3. The molecule has 0 unspecified atom stereocenters. The smallest absolute Gasteiger partial charge is 0.129 e. The van der Waals surface area contributed by atoms with E-state index in [1.165, 1.54) is 65.5 Å². The lowest BCUT2D eigenvalue weighted by molar-refractivity contribution is 0.105. The van der Waals surface area contributed by atoms with Gasteiger partial charge in [-0.15, -0.1) is 0 Å². The van der Waals surface area contributed by atoms with Crippen LogP contribution in [0.25, 0.3) is 11.1 Å². The summed E-state index contributed by atoms with van der Waals surface area (Å²) < 4.78 is 6.55. The first-order chi connectivity index (χ1) is 12.7. The fourth-order valence-corrected chi connectivity index (χ4v) is 4.43. The van der Waals surface area contributed by atoms with Crippen LogP contribution in [0, 0.1) is 13.8 Å². The lowest BCUT2D eigenvalue weighted by Crippen LogP contribution is -2.30. The molecule has 0 spiro atoms. The first-order valence-corrected chi connectivity index (χ1v) is 10.6. The quantitative estimate of drug-likeness (QED) is 0.474. The van der Waals surface area contributed by atoms with E-state index in [-0.39, 0.29) is 11.0 Å². The standard InChI is InChI=1S/C26H36O/c1-8-9-10-11-14-25(4,5)20-16-19(3)24-21-15-18(2)12-13-22(21)26(6,7)27-23(24)17-20/h12-13,15-17H,8-11,14H2,1-7H3. The number of hydrogen-bond donors (Lipinski definition) is 0. The van der Waals surface area contributed by atoms with E-state index in [4.69, 9.17) is 4.74 Å². The Morgan fingerprint density at radius 1 is 0.963 bits per heavy atom. The van der Waals surface area contributed by atoms with Crippen molar-refractivity contribution in [2.45, 2.75) is 91.6 Å². The topological polar surface area (TPSA) is 9.23 Å². The Balaban J connectivity index is 2.02. The van der Waals surface area contributed by atoms with Gasteiger partial charge in [-0.05, 0) is 62.3 Å². The van der Waals surface area contributed by atoms with Crippen LogP contribution in [0.15, 0.2) is 30.3 Å². The van der Waals surface area contributed by atoms with Crippen molar-refractivity contribution in [1.82, 2.24) is 0 Å². The van der Waals surface area contributed by atoms with Gasteiger partial charge in [-0.2, -0.15) is 0 Å². The molecule has 1 nitrogen and oxygen atoms in total. The van der Waals surface area contributed by atoms with Crippen LogP contribution >= 0.6 is 0 Å². The summed E-state index contributed by atoms with van der Waals surface area (Å²) in [5.41, 5.74) is 7.81. The maximum Gasteiger partial charge on any atom is 0.129 e. The highest BCUT2D eigenvalue weighted by Gasteiger charge is 2.34. The summed E-state index contributed by atoms with van der Waals surface area (Å²) in [6.45, 7) is 15.8. The minimum absolute atomic E-state index is 0.175. The number of fused-ring (bicyclic) bond motifs is 3. The molecule has 0 saturated heterocycles. The molecule has 1 aliphatic heterocycles. The summed E-state index contributed by atoms with van der Waals surface area (Å²) in [4.78, 5) is 0. The lowest BCUT2D eigenvalue weighted by Gasteiger charge is -2.37. The molecule has 3 rings (SSSR count). The van der Waals surface area contributed by atoms with Crippen molar-refractivity contribution in [2.75, 3.05) is 0 Å². The number of rotatable bonds is 6. The third kappa shape index (κ3) is 3.93. The molecule has 146 valence electrons. The molecule has 0 amide bonds. The molecule has 27 heavy (non-hydrogen) atoms. The van der Waals surface area contributed by atoms with Crippen LogP contribution in [0.2, 0.25) is 0 Å². The van der Waals surface area contributed by atoms with Crippen LogP contribution in [0.4, 0.5) is 0 Å². The van der Waals surface area contributed by atoms with Crippen molar-refractivity contribution in [3.8, 4) is 16.9 Å². The Morgan fingerprint density at radius 3 is 2.41 bits per heavy atom. The molecule has 0 fully saturated rings. The van der Waals surface area contributed by atoms with Gasteiger partial charge in [-0.1, -0.05) is 76.3 Å². The van der Waals surface area contributed by atoms with Gasteiger partial charge in [-0.25, -0.2) is 0 Å². The summed E-state index contributed by atoms with van der Waals surface area (Å²) in [6.07, 6.45) is 6.49. The SMILES string of the molecule is CCCCCCC(C)(C)c1cc(C)c2c(c1)OC(C)(C)c1ccc(C)cc1-2. The Kier molecular flexibility index (Phi) is 5.43. The molecule has 0 aliphatic carbocycles. The Hall–Kier alpha value is -1.76. The highest BCUT2D eigenvalue weighted by Crippen LogP contribution is 2.48. The van der Waals surface area contributed by atoms with Gasteiger partial charge in [-0.3, -0.25) is 0 Å². The third-order valence-corrected chi connectivity index (χ3v) is 6.19. The fraction of sp³-hybridized carbons (Fsp3) is 0.538. The van der Waals surface area contributed by atoms with Gasteiger partial charge in [0.15, 0.2) is 0 Å². The van der Waals surface area contributed by atoms with Crippen LogP contribution < -0.4 is 4.74 Å². The van der Waals surface area contributed by atoms with Gasteiger partial charge in [0.2, 0.25) is 0 Å². The Morgan fingerprint density at radius 2 is 1.70 bits per heavy atom. The van der Waals surface area contributed by atoms with E-state index >= 15 is 0 Å².